The molecule has 0 amide bonds. The zero-order valence-corrected chi connectivity index (χ0v) is 10.5. The minimum Gasteiger partial charge on any atom is -0.491 e. The molecule has 1 rings (SSSR count). The first-order valence-electron chi connectivity index (χ1n) is 4.67. The van der Waals surface area contributed by atoms with Crippen molar-refractivity contribution < 1.29 is 18.3 Å². The number of hydrogen-bond donors (Lipinski definition) is 0. The van der Waals surface area contributed by atoms with E-state index in [9.17, 15) is 13.6 Å². The van der Waals surface area contributed by atoms with E-state index in [0.717, 1.165) is 0 Å². The molecule has 16 heavy (non-hydrogen) atoms. The van der Waals surface area contributed by atoms with E-state index < -0.39 is 17.4 Å². The van der Waals surface area contributed by atoms with Crippen molar-refractivity contribution in [3.63, 3.8) is 0 Å². The van der Waals surface area contributed by atoms with E-state index in [-0.39, 0.29) is 22.4 Å². The standard InChI is InChI=1S/C11H11BrF2O2/c1-6(3-4-15)7-5-8(12)10(14)11(16-2)9(7)13/h4-6H,3H2,1-2H3. The van der Waals surface area contributed by atoms with Gasteiger partial charge in [0.2, 0.25) is 0 Å². The highest BCUT2D eigenvalue weighted by molar-refractivity contribution is 9.10. The van der Waals surface area contributed by atoms with Gasteiger partial charge >= 0.3 is 0 Å². The number of halogens is 3. The predicted molar refractivity (Wildman–Crippen MR) is 59.7 cm³/mol. The summed E-state index contributed by atoms with van der Waals surface area (Å²) in [6.07, 6.45) is 0.881. The van der Waals surface area contributed by atoms with E-state index in [4.69, 9.17) is 0 Å². The maximum Gasteiger partial charge on any atom is 0.191 e. The zero-order valence-electron chi connectivity index (χ0n) is 8.89. The average Bonchev–Trinajstić information content (AvgIpc) is 2.24. The smallest absolute Gasteiger partial charge is 0.191 e. The fourth-order valence-electron chi connectivity index (χ4n) is 1.41. The second-order valence-corrected chi connectivity index (χ2v) is 4.27. The van der Waals surface area contributed by atoms with E-state index >= 15 is 0 Å². The molecule has 0 saturated heterocycles. The number of carbonyl (C=O) groups is 1. The van der Waals surface area contributed by atoms with Crippen LogP contribution in [0.4, 0.5) is 8.78 Å². The van der Waals surface area contributed by atoms with Crippen molar-refractivity contribution in [1.82, 2.24) is 0 Å². The van der Waals surface area contributed by atoms with Crippen molar-refractivity contribution in [3.8, 4) is 5.75 Å². The normalized spacial score (nSPS) is 12.3. The lowest BCUT2D eigenvalue weighted by molar-refractivity contribution is -0.108. The van der Waals surface area contributed by atoms with Crippen LogP contribution in [0.1, 0.15) is 24.8 Å². The molecule has 0 aliphatic heterocycles. The fourth-order valence-corrected chi connectivity index (χ4v) is 1.83. The van der Waals surface area contributed by atoms with Gasteiger partial charge in [-0.3, -0.25) is 0 Å². The number of benzene rings is 1. The molecule has 0 bridgehead atoms. The molecule has 2 nitrogen and oxygen atoms in total. The first-order chi connectivity index (χ1) is 7.52. The Kier molecular flexibility index (Phi) is 4.41. The monoisotopic (exact) mass is 292 g/mol. The second kappa shape index (κ2) is 5.39. The highest BCUT2D eigenvalue weighted by Crippen LogP contribution is 2.34. The molecule has 0 radical (unpaired) electrons. The summed E-state index contributed by atoms with van der Waals surface area (Å²) in [6, 6.07) is 1.33. The van der Waals surface area contributed by atoms with E-state index in [1.807, 2.05) is 0 Å². The van der Waals surface area contributed by atoms with E-state index in [1.165, 1.54) is 13.2 Å². The van der Waals surface area contributed by atoms with Crippen LogP contribution in [0.2, 0.25) is 0 Å². The van der Waals surface area contributed by atoms with Crippen molar-refractivity contribution in [2.75, 3.05) is 7.11 Å². The molecule has 0 aliphatic carbocycles. The summed E-state index contributed by atoms with van der Waals surface area (Å²) in [5.74, 6) is -2.27. The summed E-state index contributed by atoms with van der Waals surface area (Å²) >= 11 is 2.98. The first-order valence-corrected chi connectivity index (χ1v) is 5.47. The molecule has 5 heteroatoms. The van der Waals surface area contributed by atoms with Gasteiger partial charge in [0.25, 0.3) is 0 Å². The Morgan fingerprint density at radius 2 is 2.12 bits per heavy atom. The fraction of sp³-hybridized carbons (Fsp3) is 0.364. The number of hydrogen-bond acceptors (Lipinski definition) is 2. The zero-order chi connectivity index (χ0) is 12.3. The van der Waals surface area contributed by atoms with Gasteiger partial charge in [-0.25, -0.2) is 8.78 Å². The van der Waals surface area contributed by atoms with Gasteiger partial charge < -0.3 is 9.53 Å². The molecular weight excluding hydrogens is 282 g/mol. The second-order valence-electron chi connectivity index (χ2n) is 3.41. The van der Waals surface area contributed by atoms with Crippen molar-refractivity contribution in [3.05, 3.63) is 27.7 Å². The Hall–Kier alpha value is -0.970. The third kappa shape index (κ3) is 2.40. The van der Waals surface area contributed by atoms with E-state index in [1.54, 1.807) is 6.92 Å². The van der Waals surface area contributed by atoms with Crippen LogP contribution in [0.3, 0.4) is 0 Å². The molecule has 88 valence electrons. The minimum atomic E-state index is -0.776. The Labute approximate surface area is 101 Å². The maximum absolute atomic E-state index is 13.8. The number of aldehydes is 1. The van der Waals surface area contributed by atoms with Crippen LogP contribution in [0.15, 0.2) is 10.5 Å². The van der Waals surface area contributed by atoms with Crippen molar-refractivity contribution in [2.45, 2.75) is 19.3 Å². The summed E-state index contributed by atoms with van der Waals surface area (Å²) in [7, 11) is 1.20. The molecule has 1 aromatic rings. The lowest BCUT2D eigenvalue weighted by Gasteiger charge is -2.14. The highest BCUT2D eigenvalue weighted by atomic mass is 79.9. The summed E-state index contributed by atoms with van der Waals surface area (Å²) < 4.78 is 32.0. The lowest BCUT2D eigenvalue weighted by Crippen LogP contribution is -2.03. The largest absolute Gasteiger partial charge is 0.491 e. The third-order valence-electron chi connectivity index (χ3n) is 2.33. The predicted octanol–water partition coefficient (Wildman–Crippen LogP) is 3.43. The summed E-state index contributed by atoms with van der Waals surface area (Å²) in [5.41, 5.74) is 0.261. The SMILES string of the molecule is COc1c(F)c(Br)cc(C(C)CC=O)c1F. The van der Waals surface area contributed by atoms with Crippen molar-refractivity contribution >= 4 is 22.2 Å². The van der Waals surface area contributed by atoms with Gasteiger partial charge in [0, 0.05) is 6.42 Å². The summed E-state index contributed by atoms with van der Waals surface area (Å²) in [6.45, 7) is 1.69. The molecule has 0 heterocycles. The first kappa shape index (κ1) is 13.1. The minimum absolute atomic E-state index is 0.124. The number of rotatable bonds is 4. The topological polar surface area (TPSA) is 26.3 Å². The summed E-state index contributed by atoms with van der Waals surface area (Å²) in [4.78, 5) is 10.4. The summed E-state index contributed by atoms with van der Waals surface area (Å²) in [5, 5.41) is 0. The molecule has 0 N–H and O–H groups in total. The van der Waals surface area contributed by atoms with Crippen LogP contribution in [0, 0.1) is 11.6 Å². The Bertz CT molecular complexity index is 407. The maximum atomic E-state index is 13.8. The molecule has 0 saturated carbocycles. The van der Waals surface area contributed by atoms with Crippen LogP contribution < -0.4 is 4.74 Å². The average molecular weight is 293 g/mol. The molecule has 0 aliphatic rings. The Balaban J connectivity index is 3.30. The Morgan fingerprint density at radius 1 is 1.50 bits per heavy atom. The van der Waals surface area contributed by atoms with Gasteiger partial charge in [-0.1, -0.05) is 6.92 Å². The van der Waals surface area contributed by atoms with Crippen LogP contribution in [0.5, 0.6) is 5.75 Å². The quantitative estimate of drug-likeness (QED) is 0.628. The van der Waals surface area contributed by atoms with Crippen molar-refractivity contribution in [2.24, 2.45) is 0 Å². The molecule has 0 fully saturated rings. The molecule has 0 spiro atoms. The molecule has 0 aromatic heterocycles. The van der Waals surface area contributed by atoms with Crippen LogP contribution in [0.25, 0.3) is 0 Å². The third-order valence-corrected chi connectivity index (χ3v) is 2.91. The van der Waals surface area contributed by atoms with Crippen LogP contribution in [-0.2, 0) is 4.79 Å². The van der Waals surface area contributed by atoms with Gasteiger partial charge in [-0.05, 0) is 33.5 Å². The van der Waals surface area contributed by atoms with Crippen LogP contribution >= 0.6 is 15.9 Å². The van der Waals surface area contributed by atoms with Gasteiger partial charge in [0.15, 0.2) is 17.4 Å². The molecular formula is C11H11BrF2O2. The highest BCUT2D eigenvalue weighted by Gasteiger charge is 2.21. The lowest BCUT2D eigenvalue weighted by atomic mass is 9.97. The van der Waals surface area contributed by atoms with Gasteiger partial charge in [0.1, 0.15) is 6.29 Å². The molecule has 1 aromatic carbocycles. The number of methoxy groups -OCH3 is 1. The van der Waals surface area contributed by atoms with Gasteiger partial charge in [0.05, 0.1) is 11.6 Å². The Morgan fingerprint density at radius 3 is 2.62 bits per heavy atom. The van der Waals surface area contributed by atoms with E-state index in [0.29, 0.717) is 6.29 Å². The number of ether oxygens (including phenoxy) is 1. The molecule has 1 atom stereocenters. The van der Waals surface area contributed by atoms with Gasteiger partial charge in [-0.2, -0.15) is 0 Å². The van der Waals surface area contributed by atoms with Crippen LogP contribution in [-0.4, -0.2) is 13.4 Å². The molecule has 1 unspecified atom stereocenters. The van der Waals surface area contributed by atoms with Crippen molar-refractivity contribution in [1.29, 1.82) is 0 Å². The van der Waals surface area contributed by atoms with Gasteiger partial charge in [-0.15, -0.1) is 0 Å². The van der Waals surface area contributed by atoms with E-state index in [2.05, 4.69) is 20.7 Å². The number of carbonyl (C=O) groups excluding carboxylic acids is 1.